The van der Waals surface area contributed by atoms with Crippen LogP contribution < -0.4 is 10.2 Å². The molecule has 0 saturated carbocycles. The Morgan fingerprint density at radius 3 is 2.43 bits per heavy atom. The summed E-state index contributed by atoms with van der Waals surface area (Å²) in [5.74, 6) is 0.942. The first-order chi connectivity index (χ1) is 11.0. The fourth-order valence-electron chi connectivity index (χ4n) is 2.35. The highest BCUT2D eigenvalue weighted by molar-refractivity contribution is 6.31. The Balaban J connectivity index is 2.26. The minimum atomic E-state index is -0.444. The van der Waals surface area contributed by atoms with E-state index in [0.717, 1.165) is 37.4 Å². The summed E-state index contributed by atoms with van der Waals surface area (Å²) in [6.45, 7) is 8.13. The van der Waals surface area contributed by atoms with Crippen molar-refractivity contribution in [2.45, 2.75) is 33.6 Å². The van der Waals surface area contributed by atoms with Gasteiger partial charge in [-0.25, -0.2) is 9.37 Å². The van der Waals surface area contributed by atoms with Crippen molar-refractivity contribution in [1.82, 2.24) is 9.97 Å². The minimum absolute atomic E-state index is 0.0708. The molecule has 1 aromatic carbocycles. The predicted molar refractivity (Wildman–Crippen MR) is 94.3 cm³/mol. The molecule has 1 N–H and O–H groups in total. The van der Waals surface area contributed by atoms with Crippen LogP contribution in [0.2, 0.25) is 5.02 Å². The molecule has 0 unspecified atom stereocenters. The van der Waals surface area contributed by atoms with Crippen molar-refractivity contribution in [3.8, 4) is 0 Å². The molecule has 0 spiro atoms. The number of halogens is 2. The van der Waals surface area contributed by atoms with E-state index in [-0.39, 0.29) is 5.02 Å². The minimum Gasteiger partial charge on any atom is -0.356 e. The van der Waals surface area contributed by atoms with Crippen LogP contribution in [-0.4, -0.2) is 23.1 Å². The normalized spacial score (nSPS) is 10.7. The van der Waals surface area contributed by atoms with Gasteiger partial charge in [-0.15, -0.1) is 0 Å². The van der Waals surface area contributed by atoms with Gasteiger partial charge in [0.05, 0.1) is 5.02 Å². The number of nitrogens with one attached hydrogen (secondary N) is 1. The zero-order valence-electron chi connectivity index (χ0n) is 13.7. The van der Waals surface area contributed by atoms with Gasteiger partial charge < -0.3 is 10.2 Å². The van der Waals surface area contributed by atoms with Crippen molar-refractivity contribution in [1.29, 1.82) is 0 Å². The van der Waals surface area contributed by atoms with E-state index in [4.69, 9.17) is 11.6 Å². The molecular weight excluding hydrogens is 315 g/mol. The summed E-state index contributed by atoms with van der Waals surface area (Å²) in [6, 6.07) is 6.44. The number of hydrogen-bond donors (Lipinski definition) is 1. The average molecular weight is 337 g/mol. The first-order valence-corrected chi connectivity index (χ1v) is 8.24. The molecule has 6 heteroatoms. The molecule has 1 heterocycles. The summed E-state index contributed by atoms with van der Waals surface area (Å²) in [7, 11) is 0. The number of rotatable bonds is 7. The summed E-state index contributed by atoms with van der Waals surface area (Å²) in [4.78, 5) is 11.2. The lowest BCUT2D eigenvalue weighted by Crippen LogP contribution is -2.26. The molecule has 0 aliphatic heterocycles. The van der Waals surface area contributed by atoms with Gasteiger partial charge in [-0.05, 0) is 38.0 Å². The first kappa shape index (κ1) is 17.5. The molecule has 2 aromatic rings. The maximum atomic E-state index is 13.2. The summed E-state index contributed by atoms with van der Waals surface area (Å²) in [6.07, 6.45) is 2.11. The highest BCUT2D eigenvalue weighted by atomic mass is 35.5. The number of aromatic nitrogens is 2. The molecule has 23 heavy (non-hydrogen) atoms. The second-order valence-corrected chi connectivity index (χ2v) is 5.84. The zero-order valence-corrected chi connectivity index (χ0v) is 14.5. The molecule has 2 rings (SSSR count). The number of nitrogens with zero attached hydrogens (tertiary/aromatic N) is 3. The third kappa shape index (κ3) is 4.79. The van der Waals surface area contributed by atoms with Crippen molar-refractivity contribution in [3.63, 3.8) is 0 Å². The van der Waals surface area contributed by atoms with Gasteiger partial charge in [-0.2, -0.15) is 4.98 Å². The standard InChI is InChI=1S/C17H22ClFN4/c1-4-8-23(9-5-2)16-10-12(3)20-17(22-16)21-13-6-7-15(19)14(18)11-13/h6-7,10-11H,4-5,8-9H2,1-3H3,(H,20,21,22). The van der Waals surface area contributed by atoms with Crippen LogP contribution >= 0.6 is 11.6 Å². The van der Waals surface area contributed by atoms with E-state index in [1.54, 1.807) is 6.07 Å². The lowest BCUT2D eigenvalue weighted by molar-refractivity contribution is 0.628. The summed E-state index contributed by atoms with van der Waals surface area (Å²) >= 11 is 5.81. The van der Waals surface area contributed by atoms with E-state index in [0.29, 0.717) is 11.6 Å². The molecule has 0 aliphatic carbocycles. The largest absolute Gasteiger partial charge is 0.356 e. The smallest absolute Gasteiger partial charge is 0.229 e. The monoisotopic (exact) mass is 336 g/mol. The fraction of sp³-hybridized carbons (Fsp3) is 0.412. The third-order valence-corrected chi connectivity index (χ3v) is 3.62. The van der Waals surface area contributed by atoms with Crippen molar-refractivity contribution in [2.24, 2.45) is 0 Å². The van der Waals surface area contributed by atoms with Gasteiger partial charge in [0, 0.05) is 30.5 Å². The van der Waals surface area contributed by atoms with Gasteiger partial charge in [0.25, 0.3) is 0 Å². The molecule has 0 amide bonds. The van der Waals surface area contributed by atoms with Crippen LogP contribution in [0.5, 0.6) is 0 Å². The topological polar surface area (TPSA) is 41.1 Å². The predicted octanol–water partition coefficient (Wildman–Crippen LogP) is 4.95. The van der Waals surface area contributed by atoms with Crippen LogP contribution in [0.4, 0.5) is 21.8 Å². The van der Waals surface area contributed by atoms with Crippen molar-refractivity contribution < 1.29 is 4.39 Å². The van der Waals surface area contributed by atoms with Gasteiger partial charge in [-0.3, -0.25) is 0 Å². The molecule has 124 valence electrons. The zero-order chi connectivity index (χ0) is 16.8. The third-order valence-electron chi connectivity index (χ3n) is 3.33. The van der Waals surface area contributed by atoms with E-state index >= 15 is 0 Å². The van der Waals surface area contributed by atoms with Crippen molar-refractivity contribution in [2.75, 3.05) is 23.3 Å². The Labute approximate surface area is 141 Å². The molecule has 0 bridgehead atoms. The molecule has 4 nitrogen and oxygen atoms in total. The van der Waals surface area contributed by atoms with E-state index in [1.807, 2.05) is 13.0 Å². The number of benzene rings is 1. The van der Waals surface area contributed by atoms with Crippen LogP contribution in [0.3, 0.4) is 0 Å². The lowest BCUT2D eigenvalue weighted by atomic mass is 10.3. The number of anilines is 3. The number of hydrogen-bond acceptors (Lipinski definition) is 4. The molecule has 0 atom stereocenters. The van der Waals surface area contributed by atoms with E-state index in [2.05, 4.69) is 34.0 Å². The fourth-order valence-corrected chi connectivity index (χ4v) is 2.53. The quantitative estimate of drug-likeness (QED) is 0.776. The van der Waals surface area contributed by atoms with Gasteiger partial charge in [0.2, 0.25) is 5.95 Å². The molecular formula is C17H22ClFN4. The Morgan fingerprint density at radius 2 is 1.83 bits per heavy atom. The average Bonchev–Trinajstić information content (AvgIpc) is 2.50. The second kappa shape index (κ2) is 8.11. The molecule has 0 radical (unpaired) electrons. The van der Waals surface area contributed by atoms with Crippen LogP contribution in [0.25, 0.3) is 0 Å². The summed E-state index contributed by atoms with van der Waals surface area (Å²) in [5.41, 5.74) is 1.54. The van der Waals surface area contributed by atoms with Crippen LogP contribution in [0.15, 0.2) is 24.3 Å². The Hall–Kier alpha value is -1.88. The van der Waals surface area contributed by atoms with Gasteiger partial charge >= 0.3 is 0 Å². The van der Waals surface area contributed by atoms with Gasteiger partial charge in [-0.1, -0.05) is 25.4 Å². The SMILES string of the molecule is CCCN(CCC)c1cc(C)nc(Nc2ccc(F)c(Cl)c2)n1. The Bertz CT molecular complexity index is 657. The van der Waals surface area contributed by atoms with Crippen LogP contribution in [0.1, 0.15) is 32.4 Å². The Morgan fingerprint density at radius 1 is 1.13 bits per heavy atom. The van der Waals surface area contributed by atoms with Crippen LogP contribution in [-0.2, 0) is 0 Å². The summed E-state index contributed by atoms with van der Waals surface area (Å²) < 4.78 is 13.2. The highest BCUT2D eigenvalue weighted by Crippen LogP contribution is 2.23. The summed E-state index contributed by atoms with van der Waals surface area (Å²) in [5, 5.41) is 3.16. The van der Waals surface area contributed by atoms with E-state index < -0.39 is 5.82 Å². The van der Waals surface area contributed by atoms with Gasteiger partial charge in [0.15, 0.2) is 0 Å². The first-order valence-electron chi connectivity index (χ1n) is 7.86. The second-order valence-electron chi connectivity index (χ2n) is 5.43. The maximum Gasteiger partial charge on any atom is 0.229 e. The Kier molecular flexibility index (Phi) is 6.16. The van der Waals surface area contributed by atoms with Crippen molar-refractivity contribution >= 4 is 29.1 Å². The molecule has 0 saturated heterocycles. The van der Waals surface area contributed by atoms with Gasteiger partial charge in [0.1, 0.15) is 11.6 Å². The molecule has 0 fully saturated rings. The maximum absolute atomic E-state index is 13.2. The van der Waals surface area contributed by atoms with E-state index in [1.165, 1.54) is 12.1 Å². The highest BCUT2D eigenvalue weighted by Gasteiger charge is 2.10. The van der Waals surface area contributed by atoms with Crippen LogP contribution in [0, 0.1) is 12.7 Å². The molecule has 0 aliphatic rings. The van der Waals surface area contributed by atoms with E-state index in [9.17, 15) is 4.39 Å². The van der Waals surface area contributed by atoms with Crippen molar-refractivity contribution in [3.05, 3.63) is 40.8 Å². The molecule has 1 aromatic heterocycles. The lowest BCUT2D eigenvalue weighted by Gasteiger charge is -2.23. The number of aryl methyl sites for hydroxylation is 1.